The van der Waals surface area contributed by atoms with Crippen LogP contribution in [0.4, 0.5) is 0 Å². The van der Waals surface area contributed by atoms with Crippen LogP contribution in [-0.2, 0) is 0 Å². The van der Waals surface area contributed by atoms with Gasteiger partial charge >= 0.3 is 0 Å². The second kappa shape index (κ2) is 5.21. The van der Waals surface area contributed by atoms with Crippen molar-refractivity contribution in [2.45, 2.75) is 0 Å². The van der Waals surface area contributed by atoms with E-state index in [9.17, 15) is 0 Å². The molecule has 0 saturated carbocycles. The Hall–Kier alpha value is -2.19. The number of hydrogen-bond acceptors (Lipinski definition) is 2. The standard InChI is InChI=1S/C16H11ClN2/c17-14-8-5-12(6-9-14)7-10-16-18-11-13-3-1-2-4-15(13)19-16/h1-11H. The van der Waals surface area contributed by atoms with Gasteiger partial charge < -0.3 is 0 Å². The normalized spacial score (nSPS) is 11.2. The Kier molecular flexibility index (Phi) is 3.25. The average molecular weight is 267 g/mol. The number of para-hydroxylation sites is 1. The van der Waals surface area contributed by atoms with Crippen molar-refractivity contribution < 1.29 is 0 Å². The third-order valence-electron chi connectivity index (χ3n) is 2.80. The van der Waals surface area contributed by atoms with Crippen LogP contribution in [0.15, 0.2) is 54.7 Å². The summed E-state index contributed by atoms with van der Waals surface area (Å²) in [4.78, 5) is 8.80. The largest absolute Gasteiger partial charge is 0.236 e. The molecule has 1 aromatic heterocycles. The summed E-state index contributed by atoms with van der Waals surface area (Å²) in [6.45, 7) is 0. The van der Waals surface area contributed by atoms with Crippen LogP contribution in [-0.4, -0.2) is 9.97 Å². The summed E-state index contributed by atoms with van der Waals surface area (Å²) in [6, 6.07) is 15.6. The number of aromatic nitrogens is 2. The fourth-order valence-corrected chi connectivity index (χ4v) is 1.94. The quantitative estimate of drug-likeness (QED) is 0.685. The lowest BCUT2D eigenvalue weighted by Crippen LogP contribution is -1.87. The molecular weight excluding hydrogens is 256 g/mol. The van der Waals surface area contributed by atoms with Gasteiger partial charge in [0.2, 0.25) is 0 Å². The molecule has 0 aliphatic carbocycles. The van der Waals surface area contributed by atoms with E-state index < -0.39 is 0 Å². The van der Waals surface area contributed by atoms with Crippen molar-refractivity contribution in [2.24, 2.45) is 0 Å². The van der Waals surface area contributed by atoms with Crippen LogP contribution in [0.1, 0.15) is 11.4 Å². The zero-order chi connectivity index (χ0) is 13.1. The molecule has 2 nitrogen and oxygen atoms in total. The van der Waals surface area contributed by atoms with Crippen LogP contribution in [0.25, 0.3) is 23.1 Å². The SMILES string of the molecule is Clc1ccc(C=Cc2ncc3ccccc3n2)cc1. The van der Waals surface area contributed by atoms with Crippen molar-refractivity contribution in [1.29, 1.82) is 0 Å². The first-order chi connectivity index (χ1) is 9.31. The van der Waals surface area contributed by atoms with Gasteiger partial charge in [0.25, 0.3) is 0 Å². The van der Waals surface area contributed by atoms with E-state index in [0.29, 0.717) is 5.82 Å². The molecule has 1 heterocycles. The third kappa shape index (κ3) is 2.80. The highest BCUT2D eigenvalue weighted by molar-refractivity contribution is 6.30. The van der Waals surface area contributed by atoms with Crippen molar-refractivity contribution in [3.63, 3.8) is 0 Å². The predicted octanol–water partition coefficient (Wildman–Crippen LogP) is 4.45. The molecule has 0 aliphatic heterocycles. The monoisotopic (exact) mass is 266 g/mol. The predicted molar refractivity (Wildman–Crippen MR) is 79.9 cm³/mol. The Balaban J connectivity index is 1.90. The van der Waals surface area contributed by atoms with Crippen molar-refractivity contribution in [1.82, 2.24) is 9.97 Å². The molecule has 0 atom stereocenters. The van der Waals surface area contributed by atoms with E-state index in [-0.39, 0.29) is 0 Å². The number of halogens is 1. The summed E-state index contributed by atoms with van der Waals surface area (Å²) in [5.74, 6) is 0.702. The minimum atomic E-state index is 0.702. The van der Waals surface area contributed by atoms with Gasteiger partial charge in [-0.1, -0.05) is 48.0 Å². The molecule has 2 aromatic carbocycles. The zero-order valence-corrected chi connectivity index (χ0v) is 10.9. The van der Waals surface area contributed by atoms with Gasteiger partial charge in [0.1, 0.15) is 0 Å². The molecule has 0 aliphatic rings. The van der Waals surface area contributed by atoms with Gasteiger partial charge in [-0.05, 0) is 29.8 Å². The van der Waals surface area contributed by atoms with Crippen molar-refractivity contribution in [3.05, 3.63) is 71.1 Å². The fraction of sp³-hybridized carbons (Fsp3) is 0. The first-order valence-corrected chi connectivity index (χ1v) is 6.34. The second-order valence-corrected chi connectivity index (χ2v) is 4.61. The molecule has 19 heavy (non-hydrogen) atoms. The maximum absolute atomic E-state index is 5.85. The molecule has 0 spiro atoms. The maximum atomic E-state index is 5.85. The molecule has 3 rings (SSSR count). The summed E-state index contributed by atoms with van der Waals surface area (Å²) >= 11 is 5.85. The van der Waals surface area contributed by atoms with Crippen molar-refractivity contribution in [2.75, 3.05) is 0 Å². The Morgan fingerprint density at radius 2 is 1.68 bits per heavy atom. The Bertz CT molecular complexity index is 733. The Labute approximate surface area is 116 Å². The summed E-state index contributed by atoms with van der Waals surface area (Å²) in [6.07, 6.45) is 5.71. The molecule has 0 amide bonds. The van der Waals surface area contributed by atoms with E-state index in [1.54, 1.807) is 0 Å². The van der Waals surface area contributed by atoms with Crippen molar-refractivity contribution in [3.8, 4) is 0 Å². The first-order valence-electron chi connectivity index (χ1n) is 5.97. The van der Waals surface area contributed by atoms with E-state index >= 15 is 0 Å². The molecule has 0 bridgehead atoms. The number of rotatable bonds is 2. The van der Waals surface area contributed by atoms with E-state index in [4.69, 9.17) is 11.6 Å². The van der Waals surface area contributed by atoms with Gasteiger partial charge in [-0.2, -0.15) is 0 Å². The highest BCUT2D eigenvalue weighted by Crippen LogP contribution is 2.13. The lowest BCUT2D eigenvalue weighted by molar-refractivity contribution is 1.19. The van der Waals surface area contributed by atoms with Gasteiger partial charge in [-0.25, -0.2) is 9.97 Å². The molecule has 3 heteroatoms. The molecule has 0 fully saturated rings. The average Bonchev–Trinajstić information content (AvgIpc) is 2.46. The molecule has 3 aromatic rings. The Morgan fingerprint density at radius 1 is 0.895 bits per heavy atom. The van der Waals surface area contributed by atoms with E-state index in [2.05, 4.69) is 9.97 Å². The highest BCUT2D eigenvalue weighted by Gasteiger charge is 1.96. The van der Waals surface area contributed by atoms with Crippen molar-refractivity contribution >= 4 is 34.7 Å². The van der Waals surface area contributed by atoms with Crippen LogP contribution in [0, 0.1) is 0 Å². The van der Waals surface area contributed by atoms with Crippen LogP contribution in [0.5, 0.6) is 0 Å². The molecule has 0 radical (unpaired) electrons. The van der Waals surface area contributed by atoms with Crippen LogP contribution >= 0.6 is 11.6 Å². The third-order valence-corrected chi connectivity index (χ3v) is 3.05. The molecule has 92 valence electrons. The molecular formula is C16H11ClN2. The molecule has 0 unspecified atom stereocenters. The fourth-order valence-electron chi connectivity index (χ4n) is 1.81. The maximum Gasteiger partial charge on any atom is 0.152 e. The van der Waals surface area contributed by atoms with Gasteiger partial charge in [-0.15, -0.1) is 0 Å². The van der Waals surface area contributed by atoms with Gasteiger partial charge in [0.15, 0.2) is 5.82 Å². The summed E-state index contributed by atoms with van der Waals surface area (Å²) < 4.78 is 0. The molecule has 0 saturated heterocycles. The minimum absolute atomic E-state index is 0.702. The number of fused-ring (bicyclic) bond motifs is 1. The number of hydrogen-bond donors (Lipinski definition) is 0. The number of nitrogens with zero attached hydrogens (tertiary/aromatic N) is 2. The van der Waals surface area contributed by atoms with Crippen LogP contribution < -0.4 is 0 Å². The van der Waals surface area contributed by atoms with Gasteiger partial charge in [-0.3, -0.25) is 0 Å². The lowest BCUT2D eigenvalue weighted by atomic mass is 10.2. The summed E-state index contributed by atoms with van der Waals surface area (Å²) in [5.41, 5.74) is 2.02. The van der Waals surface area contributed by atoms with Gasteiger partial charge in [0, 0.05) is 16.6 Å². The van der Waals surface area contributed by atoms with E-state index in [0.717, 1.165) is 21.5 Å². The second-order valence-electron chi connectivity index (χ2n) is 4.17. The summed E-state index contributed by atoms with van der Waals surface area (Å²) in [5, 5.41) is 1.78. The Morgan fingerprint density at radius 3 is 2.53 bits per heavy atom. The smallest absolute Gasteiger partial charge is 0.152 e. The minimum Gasteiger partial charge on any atom is -0.236 e. The lowest BCUT2D eigenvalue weighted by Gasteiger charge is -1.97. The number of benzene rings is 2. The van der Waals surface area contributed by atoms with Crippen LogP contribution in [0.3, 0.4) is 0 Å². The topological polar surface area (TPSA) is 25.8 Å². The van der Waals surface area contributed by atoms with Crippen LogP contribution in [0.2, 0.25) is 5.02 Å². The van der Waals surface area contributed by atoms with E-state index in [1.807, 2.05) is 66.9 Å². The zero-order valence-electron chi connectivity index (χ0n) is 10.1. The highest BCUT2D eigenvalue weighted by atomic mass is 35.5. The van der Waals surface area contributed by atoms with E-state index in [1.165, 1.54) is 0 Å². The summed E-state index contributed by atoms with van der Waals surface area (Å²) in [7, 11) is 0. The molecule has 0 N–H and O–H groups in total. The van der Waals surface area contributed by atoms with Gasteiger partial charge in [0.05, 0.1) is 5.52 Å². The first kappa shape index (κ1) is 11.9.